The summed E-state index contributed by atoms with van der Waals surface area (Å²) in [5.74, 6) is -1.69. The van der Waals surface area contributed by atoms with E-state index in [0.717, 1.165) is 38.3 Å². The summed E-state index contributed by atoms with van der Waals surface area (Å²) < 4.78 is 26.5. The van der Waals surface area contributed by atoms with Gasteiger partial charge in [-0.15, -0.1) is 0 Å². The molecule has 0 aliphatic carbocycles. The van der Waals surface area contributed by atoms with Gasteiger partial charge in [-0.05, 0) is 43.2 Å². The maximum absolute atomic E-state index is 13.6. The van der Waals surface area contributed by atoms with E-state index in [-0.39, 0.29) is 18.0 Å². The summed E-state index contributed by atoms with van der Waals surface area (Å²) in [6.07, 6.45) is 0.278. The average Bonchev–Trinajstić information content (AvgIpc) is 2.65. The lowest BCUT2D eigenvalue weighted by Gasteiger charge is -2.37. The Balaban J connectivity index is 1.46. The van der Waals surface area contributed by atoms with Gasteiger partial charge >= 0.3 is 0 Å². The molecule has 0 unspecified atom stereocenters. The minimum atomic E-state index is -0.759. The summed E-state index contributed by atoms with van der Waals surface area (Å²) in [5.41, 5.74) is 3.89. The molecule has 1 aliphatic rings. The standard InChI is InChI=1S/C21H25F2N3O/c1-15-4-3-5-20(16(15)2)26-12-10-25(11-13-26)9-8-21(27)24-19-7-6-17(22)14-18(19)23/h3-7,14H,8-13H2,1-2H3,(H,24,27). The number of amides is 1. The second kappa shape index (κ2) is 8.48. The molecule has 1 N–H and O–H groups in total. The Hall–Kier alpha value is -2.47. The van der Waals surface area contributed by atoms with Gasteiger partial charge in [-0.3, -0.25) is 9.69 Å². The zero-order chi connectivity index (χ0) is 19.4. The van der Waals surface area contributed by atoms with Crippen LogP contribution in [0.4, 0.5) is 20.2 Å². The summed E-state index contributed by atoms with van der Waals surface area (Å²) in [5, 5.41) is 2.51. The van der Waals surface area contributed by atoms with Gasteiger partial charge in [0.15, 0.2) is 0 Å². The van der Waals surface area contributed by atoms with Crippen molar-refractivity contribution in [2.75, 3.05) is 42.9 Å². The molecule has 6 heteroatoms. The molecule has 0 aromatic heterocycles. The predicted octanol–water partition coefficient (Wildman–Crippen LogP) is 3.73. The number of halogens is 2. The minimum absolute atomic E-state index is 0.0149. The van der Waals surface area contributed by atoms with E-state index in [9.17, 15) is 13.6 Å². The lowest BCUT2D eigenvalue weighted by Crippen LogP contribution is -2.47. The quantitative estimate of drug-likeness (QED) is 0.867. The third-order valence-electron chi connectivity index (χ3n) is 5.15. The van der Waals surface area contributed by atoms with E-state index in [1.165, 1.54) is 22.9 Å². The van der Waals surface area contributed by atoms with Crippen molar-refractivity contribution in [2.24, 2.45) is 0 Å². The fourth-order valence-electron chi connectivity index (χ4n) is 3.35. The van der Waals surface area contributed by atoms with Crippen LogP contribution >= 0.6 is 0 Å². The number of hydrogen-bond donors (Lipinski definition) is 1. The first-order chi connectivity index (χ1) is 12.9. The van der Waals surface area contributed by atoms with Crippen molar-refractivity contribution < 1.29 is 13.6 Å². The molecule has 0 spiro atoms. The highest BCUT2D eigenvalue weighted by Gasteiger charge is 2.19. The number of rotatable bonds is 5. The van der Waals surface area contributed by atoms with Gasteiger partial charge in [-0.1, -0.05) is 12.1 Å². The number of aryl methyl sites for hydroxylation is 1. The van der Waals surface area contributed by atoms with Gasteiger partial charge < -0.3 is 10.2 Å². The number of benzene rings is 2. The number of nitrogens with one attached hydrogen (secondary N) is 1. The Bertz CT molecular complexity index is 817. The highest BCUT2D eigenvalue weighted by molar-refractivity contribution is 5.90. The van der Waals surface area contributed by atoms with Crippen molar-refractivity contribution in [1.29, 1.82) is 0 Å². The Kier molecular flexibility index (Phi) is 6.06. The van der Waals surface area contributed by atoms with E-state index in [0.29, 0.717) is 6.54 Å². The largest absolute Gasteiger partial charge is 0.369 e. The van der Waals surface area contributed by atoms with Gasteiger partial charge in [0.05, 0.1) is 5.69 Å². The zero-order valence-electron chi connectivity index (χ0n) is 15.8. The normalized spacial score (nSPS) is 15.0. The first-order valence-electron chi connectivity index (χ1n) is 9.22. The van der Waals surface area contributed by atoms with Crippen molar-refractivity contribution in [2.45, 2.75) is 20.3 Å². The second-order valence-electron chi connectivity index (χ2n) is 6.97. The van der Waals surface area contributed by atoms with Crippen molar-refractivity contribution in [3.8, 4) is 0 Å². The highest BCUT2D eigenvalue weighted by atomic mass is 19.1. The molecular weight excluding hydrogens is 348 g/mol. The Morgan fingerprint density at radius 3 is 2.52 bits per heavy atom. The summed E-state index contributed by atoms with van der Waals surface area (Å²) in [4.78, 5) is 16.7. The smallest absolute Gasteiger partial charge is 0.225 e. The van der Waals surface area contributed by atoms with Crippen molar-refractivity contribution in [3.63, 3.8) is 0 Å². The van der Waals surface area contributed by atoms with Gasteiger partial charge in [-0.25, -0.2) is 8.78 Å². The number of anilines is 2. The van der Waals surface area contributed by atoms with Gasteiger partial charge in [0.25, 0.3) is 0 Å². The van der Waals surface area contributed by atoms with Gasteiger partial charge in [0.1, 0.15) is 11.6 Å². The third kappa shape index (κ3) is 4.83. The molecule has 27 heavy (non-hydrogen) atoms. The number of piperazine rings is 1. The van der Waals surface area contributed by atoms with Crippen LogP contribution in [-0.4, -0.2) is 43.5 Å². The topological polar surface area (TPSA) is 35.6 Å². The number of hydrogen-bond acceptors (Lipinski definition) is 3. The minimum Gasteiger partial charge on any atom is -0.369 e. The molecular formula is C21H25F2N3O. The van der Waals surface area contributed by atoms with Crippen LogP contribution in [0.5, 0.6) is 0 Å². The van der Waals surface area contributed by atoms with E-state index in [1.807, 2.05) is 0 Å². The van der Waals surface area contributed by atoms with Crippen LogP contribution in [0.1, 0.15) is 17.5 Å². The number of carbonyl (C=O) groups excluding carboxylic acids is 1. The van der Waals surface area contributed by atoms with Gasteiger partial charge in [-0.2, -0.15) is 0 Å². The van der Waals surface area contributed by atoms with E-state index in [1.54, 1.807) is 0 Å². The van der Waals surface area contributed by atoms with Crippen molar-refractivity contribution in [1.82, 2.24) is 4.90 Å². The summed E-state index contributed by atoms with van der Waals surface area (Å²) >= 11 is 0. The van der Waals surface area contributed by atoms with Gasteiger partial charge in [0, 0.05) is 50.9 Å². The summed E-state index contributed by atoms with van der Waals surface area (Å²) in [6, 6.07) is 9.50. The predicted molar refractivity (Wildman–Crippen MR) is 104 cm³/mol. The molecule has 2 aromatic carbocycles. The summed E-state index contributed by atoms with van der Waals surface area (Å²) in [7, 11) is 0. The monoisotopic (exact) mass is 373 g/mol. The van der Waals surface area contributed by atoms with Crippen LogP contribution in [0.3, 0.4) is 0 Å². The molecule has 0 bridgehead atoms. The van der Waals surface area contributed by atoms with Crippen LogP contribution < -0.4 is 10.2 Å². The van der Waals surface area contributed by atoms with Crippen molar-refractivity contribution in [3.05, 3.63) is 59.2 Å². The van der Waals surface area contributed by atoms with Crippen LogP contribution in [-0.2, 0) is 4.79 Å². The Morgan fingerprint density at radius 1 is 1.07 bits per heavy atom. The van der Waals surface area contributed by atoms with E-state index in [4.69, 9.17) is 0 Å². The molecule has 1 saturated heterocycles. The molecule has 1 heterocycles. The number of nitrogens with zero attached hydrogens (tertiary/aromatic N) is 2. The third-order valence-corrected chi connectivity index (χ3v) is 5.15. The van der Waals surface area contributed by atoms with Crippen LogP contribution in [0.2, 0.25) is 0 Å². The van der Waals surface area contributed by atoms with E-state index < -0.39 is 11.6 Å². The second-order valence-corrected chi connectivity index (χ2v) is 6.97. The highest BCUT2D eigenvalue weighted by Crippen LogP contribution is 2.24. The SMILES string of the molecule is Cc1cccc(N2CCN(CCC(=O)Nc3ccc(F)cc3F)CC2)c1C. The number of carbonyl (C=O) groups is 1. The lowest BCUT2D eigenvalue weighted by molar-refractivity contribution is -0.116. The first-order valence-corrected chi connectivity index (χ1v) is 9.22. The molecule has 1 fully saturated rings. The maximum atomic E-state index is 13.6. The van der Waals surface area contributed by atoms with Gasteiger partial charge in [0.2, 0.25) is 5.91 Å². The fourth-order valence-corrected chi connectivity index (χ4v) is 3.35. The lowest BCUT2D eigenvalue weighted by atomic mass is 10.1. The molecule has 1 aliphatic heterocycles. The van der Waals surface area contributed by atoms with Crippen LogP contribution in [0.15, 0.2) is 36.4 Å². The molecule has 3 rings (SSSR count). The van der Waals surface area contributed by atoms with E-state index >= 15 is 0 Å². The summed E-state index contributed by atoms with van der Waals surface area (Å²) in [6.45, 7) is 8.48. The molecule has 0 saturated carbocycles. The molecule has 2 aromatic rings. The Labute approximate surface area is 158 Å². The molecule has 0 radical (unpaired) electrons. The van der Waals surface area contributed by atoms with Crippen LogP contribution in [0.25, 0.3) is 0 Å². The van der Waals surface area contributed by atoms with Crippen LogP contribution in [0, 0.1) is 25.5 Å². The average molecular weight is 373 g/mol. The first kappa shape index (κ1) is 19.3. The molecule has 1 amide bonds. The van der Waals surface area contributed by atoms with E-state index in [2.05, 4.69) is 47.2 Å². The molecule has 144 valence electrons. The van der Waals surface area contributed by atoms with Crippen molar-refractivity contribution >= 4 is 17.3 Å². The molecule has 4 nitrogen and oxygen atoms in total. The maximum Gasteiger partial charge on any atom is 0.225 e. The fraction of sp³-hybridized carbons (Fsp3) is 0.381. The zero-order valence-corrected chi connectivity index (χ0v) is 15.8. The Morgan fingerprint density at radius 2 is 1.81 bits per heavy atom. The molecule has 0 atom stereocenters.